The number of benzene rings is 2. The van der Waals surface area contributed by atoms with Crippen LogP contribution in [0.15, 0.2) is 40.9 Å². The second-order valence-corrected chi connectivity index (χ2v) is 6.14. The number of hydrogen-bond acceptors (Lipinski definition) is 5. The Hall–Kier alpha value is -2.74. The zero-order valence-electron chi connectivity index (χ0n) is 14.4. The molecule has 0 aliphatic rings. The van der Waals surface area contributed by atoms with E-state index in [1.165, 1.54) is 23.9 Å². The van der Waals surface area contributed by atoms with E-state index in [0.717, 1.165) is 5.56 Å². The normalized spacial score (nSPS) is 10.7. The van der Waals surface area contributed by atoms with Gasteiger partial charge in [0.2, 0.25) is 5.75 Å². The monoisotopic (exact) mass is 421 g/mol. The maximum atomic E-state index is 13.2. The molecule has 0 saturated heterocycles. The van der Waals surface area contributed by atoms with Gasteiger partial charge in [-0.05, 0) is 52.3 Å². The molecule has 2 N–H and O–H groups in total. The van der Waals surface area contributed by atoms with Crippen LogP contribution in [-0.2, 0) is 0 Å². The van der Waals surface area contributed by atoms with Gasteiger partial charge in [0, 0.05) is 5.56 Å². The summed E-state index contributed by atoms with van der Waals surface area (Å²) in [5.74, 6) is 1.55. The van der Waals surface area contributed by atoms with Gasteiger partial charge in [0.25, 0.3) is 0 Å². The van der Waals surface area contributed by atoms with Crippen LogP contribution in [0.1, 0.15) is 0 Å². The summed E-state index contributed by atoms with van der Waals surface area (Å²) in [6.07, 6.45) is 0. The van der Waals surface area contributed by atoms with Gasteiger partial charge in [-0.1, -0.05) is 0 Å². The highest BCUT2D eigenvalue weighted by Gasteiger charge is 2.20. The molecular weight excluding hydrogens is 405 g/mol. The summed E-state index contributed by atoms with van der Waals surface area (Å²) >= 11 is 3.48. The molecule has 1 heterocycles. The van der Waals surface area contributed by atoms with Crippen LogP contribution in [0, 0.1) is 5.82 Å². The van der Waals surface area contributed by atoms with Crippen molar-refractivity contribution in [1.29, 1.82) is 0 Å². The van der Waals surface area contributed by atoms with Crippen LogP contribution in [0.2, 0.25) is 0 Å². The van der Waals surface area contributed by atoms with Crippen LogP contribution in [0.4, 0.5) is 10.2 Å². The van der Waals surface area contributed by atoms with Crippen LogP contribution < -0.4 is 19.9 Å². The summed E-state index contributed by atoms with van der Waals surface area (Å²) in [5, 5.41) is 4.56. The predicted molar refractivity (Wildman–Crippen MR) is 101 cm³/mol. The van der Waals surface area contributed by atoms with E-state index in [1.54, 1.807) is 38.5 Å². The number of hydrogen-bond donors (Lipinski definition) is 1. The van der Waals surface area contributed by atoms with Gasteiger partial charge in [-0.3, -0.25) is 0 Å². The zero-order valence-corrected chi connectivity index (χ0v) is 16.0. The summed E-state index contributed by atoms with van der Waals surface area (Å²) < 4.78 is 31.4. The number of nitrogens with zero attached hydrogens (tertiary/aromatic N) is 2. The molecule has 0 saturated carbocycles. The molecule has 8 heteroatoms. The average molecular weight is 422 g/mol. The van der Waals surface area contributed by atoms with E-state index in [0.29, 0.717) is 38.9 Å². The fourth-order valence-corrected chi connectivity index (χ4v) is 3.07. The van der Waals surface area contributed by atoms with Crippen molar-refractivity contribution in [3.05, 3.63) is 46.7 Å². The lowest BCUT2D eigenvalue weighted by atomic mass is 10.1. The average Bonchev–Trinajstić information content (AvgIpc) is 2.96. The fourth-order valence-electron chi connectivity index (χ4n) is 2.59. The van der Waals surface area contributed by atoms with E-state index in [4.69, 9.17) is 19.9 Å². The summed E-state index contributed by atoms with van der Waals surface area (Å²) in [4.78, 5) is 0. The highest BCUT2D eigenvalue weighted by Crippen LogP contribution is 2.43. The minimum absolute atomic E-state index is 0.330. The molecule has 0 unspecified atom stereocenters. The Kier molecular flexibility index (Phi) is 5.03. The molecule has 0 atom stereocenters. The molecule has 136 valence electrons. The van der Waals surface area contributed by atoms with Crippen molar-refractivity contribution < 1.29 is 18.6 Å². The molecule has 0 fully saturated rings. The van der Waals surface area contributed by atoms with E-state index in [1.807, 2.05) is 0 Å². The standard InChI is InChI=1S/C18H17BrFN3O3/c1-24-13-8-10(9-14(25-2)17(13)26-3)16-15(19)18(21)23(22-16)12-6-4-11(20)5-7-12/h4-9H,21H2,1-3H3. The second kappa shape index (κ2) is 7.25. The zero-order chi connectivity index (χ0) is 18.8. The number of nitrogens with two attached hydrogens (primary N) is 1. The largest absolute Gasteiger partial charge is 0.493 e. The van der Waals surface area contributed by atoms with E-state index >= 15 is 0 Å². The lowest BCUT2D eigenvalue weighted by Gasteiger charge is -2.13. The smallest absolute Gasteiger partial charge is 0.203 e. The molecule has 26 heavy (non-hydrogen) atoms. The lowest BCUT2D eigenvalue weighted by molar-refractivity contribution is 0.324. The van der Waals surface area contributed by atoms with Gasteiger partial charge < -0.3 is 19.9 Å². The summed E-state index contributed by atoms with van der Waals surface area (Å²) in [6, 6.07) is 9.47. The van der Waals surface area contributed by atoms with Gasteiger partial charge in [0.1, 0.15) is 17.3 Å². The Morgan fingerprint density at radius 2 is 1.58 bits per heavy atom. The SMILES string of the molecule is COc1cc(-c2nn(-c3ccc(F)cc3)c(N)c2Br)cc(OC)c1OC. The van der Waals surface area contributed by atoms with Gasteiger partial charge in [-0.25, -0.2) is 9.07 Å². The first kappa shape index (κ1) is 18.1. The van der Waals surface area contributed by atoms with Crippen LogP contribution in [-0.4, -0.2) is 31.1 Å². The topological polar surface area (TPSA) is 71.5 Å². The predicted octanol–water partition coefficient (Wildman–Crippen LogP) is 4.05. The van der Waals surface area contributed by atoms with E-state index < -0.39 is 0 Å². The van der Waals surface area contributed by atoms with Crippen molar-refractivity contribution in [1.82, 2.24) is 9.78 Å². The van der Waals surface area contributed by atoms with Crippen LogP contribution in [0.5, 0.6) is 17.2 Å². The Balaban J connectivity index is 2.16. The Morgan fingerprint density at radius 3 is 2.08 bits per heavy atom. The van der Waals surface area contributed by atoms with Crippen molar-refractivity contribution in [2.75, 3.05) is 27.1 Å². The van der Waals surface area contributed by atoms with Crippen molar-refractivity contribution in [3.63, 3.8) is 0 Å². The fraction of sp³-hybridized carbons (Fsp3) is 0.167. The number of methoxy groups -OCH3 is 3. The minimum Gasteiger partial charge on any atom is -0.493 e. The van der Waals surface area contributed by atoms with Crippen molar-refractivity contribution in [2.45, 2.75) is 0 Å². The van der Waals surface area contributed by atoms with Gasteiger partial charge in [-0.15, -0.1) is 0 Å². The van der Waals surface area contributed by atoms with Crippen LogP contribution in [0.25, 0.3) is 16.9 Å². The second-order valence-electron chi connectivity index (χ2n) is 5.35. The molecule has 6 nitrogen and oxygen atoms in total. The quantitative estimate of drug-likeness (QED) is 0.672. The van der Waals surface area contributed by atoms with E-state index in [9.17, 15) is 4.39 Å². The number of nitrogen functional groups attached to an aromatic ring is 1. The first-order valence-electron chi connectivity index (χ1n) is 7.60. The first-order valence-corrected chi connectivity index (χ1v) is 8.39. The highest BCUT2D eigenvalue weighted by molar-refractivity contribution is 9.10. The third kappa shape index (κ3) is 3.08. The molecule has 0 radical (unpaired) electrons. The van der Waals surface area contributed by atoms with E-state index in [-0.39, 0.29) is 5.82 Å². The minimum atomic E-state index is -0.330. The summed E-state index contributed by atoms with van der Waals surface area (Å²) in [7, 11) is 4.63. The number of rotatable bonds is 5. The number of anilines is 1. The first-order chi connectivity index (χ1) is 12.5. The molecule has 3 aromatic rings. The van der Waals surface area contributed by atoms with Crippen molar-refractivity contribution >= 4 is 21.7 Å². The third-order valence-electron chi connectivity index (χ3n) is 3.87. The molecule has 0 amide bonds. The summed E-state index contributed by atoms with van der Waals surface area (Å²) in [6.45, 7) is 0. The molecule has 3 rings (SSSR count). The van der Waals surface area contributed by atoms with Gasteiger partial charge >= 0.3 is 0 Å². The molecule has 2 aromatic carbocycles. The Labute approximate surface area is 158 Å². The molecule has 0 aliphatic heterocycles. The van der Waals surface area contributed by atoms with E-state index in [2.05, 4.69) is 21.0 Å². The molecule has 0 spiro atoms. The summed E-state index contributed by atoms with van der Waals surface area (Å²) in [5.41, 5.74) is 8.13. The third-order valence-corrected chi connectivity index (χ3v) is 4.65. The molecular formula is C18H17BrFN3O3. The maximum Gasteiger partial charge on any atom is 0.203 e. The Bertz CT molecular complexity index is 917. The lowest BCUT2D eigenvalue weighted by Crippen LogP contribution is -2.01. The molecule has 0 aliphatic carbocycles. The Morgan fingerprint density at radius 1 is 1.00 bits per heavy atom. The van der Waals surface area contributed by atoms with Crippen LogP contribution >= 0.6 is 15.9 Å². The molecule has 1 aromatic heterocycles. The molecule has 0 bridgehead atoms. The maximum absolute atomic E-state index is 13.2. The van der Waals surface area contributed by atoms with Crippen LogP contribution in [0.3, 0.4) is 0 Å². The van der Waals surface area contributed by atoms with Crippen molar-refractivity contribution in [3.8, 4) is 34.2 Å². The number of ether oxygens (including phenoxy) is 3. The van der Waals surface area contributed by atoms with Crippen molar-refractivity contribution in [2.24, 2.45) is 0 Å². The van der Waals surface area contributed by atoms with Gasteiger partial charge in [0.15, 0.2) is 11.5 Å². The highest BCUT2D eigenvalue weighted by atomic mass is 79.9. The van der Waals surface area contributed by atoms with Gasteiger partial charge in [0.05, 0.1) is 31.5 Å². The van der Waals surface area contributed by atoms with Gasteiger partial charge in [-0.2, -0.15) is 5.10 Å². The number of halogens is 2. The number of aromatic nitrogens is 2.